The number of esters is 1. The summed E-state index contributed by atoms with van der Waals surface area (Å²) in [5, 5.41) is 3.72. The first-order chi connectivity index (χ1) is 9.22. The monoisotopic (exact) mass is 284 g/mol. The van der Waals surface area contributed by atoms with Gasteiger partial charge in [0.25, 0.3) is 0 Å². The van der Waals surface area contributed by atoms with Crippen LogP contribution in [-0.4, -0.2) is 50.3 Å². The highest BCUT2D eigenvalue weighted by atomic mass is 35.5. The highest BCUT2D eigenvalue weighted by Crippen LogP contribution is 2.24. The summed E-state index contributed by atoms with van der Waals surface area (Å²) in [5.74, 6) is 0.255. The lowest BCUT2D eigenvalue weighted by Gasteiger charge is -2.29. The number of hydrogen-bond donors (Lipinski definition) is 2. The molecule has 104 valence electrons. The number of nitrogens with zero attached hydrogens (tertiary/aromatic N) is 2. The van der Waals surface area contributed by atoms with Gasteiger partial charge in [0, 0.05) is 38.9 Å². The predicted octanol–water partition coefficient (Wildman–Crippen LogP) is 0.260. The van der Waals surface area contributed by atoms with Gasteiger partial charge in [0.1, 0.15) is 12.4 Å². The first kappa shape index (κ1) is 14.0. The smallest absolute Gasteiger partial charge is 0.339 e. The van der Waals surface area contributed by atoms with Gasteiger partial charge in [-0.1, -0.05) is 11.6 Å². The summed E-state index contributed by atoms with van der Waals surface area (Å²) in [6.45, 7) is 3.99. The SMILES string of the molecule is NCCOC(=O)c1cnc(N2CCNCC2)c(Cl)c1. The van der Waals surface area contributed by atoms with Crippen molar-refractivity contribution in [2.45, 2.75) is 0 Å². The molecule has 1 saturated heterocycles. The average molecular weight is 285 g/mol. The molecule has 0 spiro atoms. The van der Waals surface area contributed by atoms with E-state index >= 15 is 0 Å². The lowest BCUT2D eigenvalue weighted by Crippen LogP contribution is -2.44. The summed E-state index contributed by atoms with van der Waals surface area (Å²) in [7, 11) is 0. The van der Waals surface area contributed by atoms with Gasteiger partial charge in [-0.3, -0.25) is 0 Å². The van der Waals surface area contributed by atoms with Crippen LogP contribution in [0.3, 0.4) is 0 Å². The van der Waals surface area contributed by atoms with Crippen LogP contribution in [0.1, 0.15) is 10.4 Å². The molecule has 1 aliphatic heterocycles. The van der Waals surface area contributed by atoms with Gasteiger partial charge in [0.05, 0.1) is 10.6 Å². The maximum absolute atomic E-state index is 11.6. The van der Waals surface area contributed by atoms with Gasteiger partial charge in [-0.2, -0.15) is 0 Å². The molecule has 0 atom stereocenters. The first-order valence-electron chi connectivity index (χ1n) is 6.21. The quantitative estimate of drug-likeness (QED) is 0.772. The normalized spacial score (nSPS) is 15.4. The number of carbonyl (C=O) groups excluding carboxylic acids is 1. The summed E-state index contributed by atoms with van der Waals surface area (Å²) < 4.78 is 4.93. The number of anilines is 1. The van der Waals surface area contributed by atoms with Crippen molar-refractivity contribution < 1.29 is 9.53 Å². The van der Waals surface area contributed by atoms with Gasteiger partial charge in [-0.15, -0.1) is 0 Å². The van der Waals surface area contributed by atoms with Crippen LogP contribution in [-0.2, 0) is 4.74 Å². The summed E-state index contributed by atoms with van der Waals surface area (Å²) in [5.41, 5.74) is 5.62. The molecule has 19 heavy (non-hydrogen) atoms. The van der Waals surface area contributed by atoms with E-state index in [0.29, 0.717) is 22.9 Å². The van der Waals surface area contributed by atoms with Crippen LogP contribution in [0.2, 0.25) is 5.02 Å². The number of nitrogens with two attached hydrogens (primary N) is 1. The zero-order chi connectivity index (χ0) is 13.7. The van der Waals surface area contributed by atoms with E-state index in [4.69, 9.17) is 22.1 Å². The van der Waals surface area contributed by atoms with Crippen molar-refractivity contribution >= 4 is 23.4 Å². The van der Waals surface area contributed by atoms with Gasteiger partial charge in [-0.05, 0) is 6.07 Å². The Kier molecular flexibility index (Phi) is 4.95. The number of aromatic nitrogens is 1. The Bertz CT molecular complexity index is 449. The minimum absolute atomic E-state index is 0.190. The molecular formula is C12H17ClN4O2. The molecule has 1 fully saturated rings. The van der Waals surface area contributed by atoms with Crippen LogP contribution in [0.5, 0.6) is 0 Å². The van der Waals surface area contributed by atoms with Crippen molar-refractivity contribution in [2.75, 3.05) is 44.2 Å². The third-order valence-corrected chi connectivity index (χ3v) is 3.10. The zero-order valence-electron chi connectivity index (χ0n) is 10.6. The number of halogens is 1. The van der Waals surface area contributed by atoms with Crippen molar-refractivity contribution in [3.05, 3.63) is 22.8 Å². The molecule has 0 unspecified atom stereocenters. The van der Waals surface area contributed by atoms with Crippen LogP contribution in [0, 0.1) is 0 Å². The number of nitrogens with one attached hydrogen (secondary N) is 1. The molecule has 1 aliphatic rings. The van der Waals surface area contributed by atoms with Crippen molar-refractivity contribution in [3.63, 3.8) is 0 Å². The Morgan fingerprint density at radius 3 is 2.89 bits per heavy atom. The van der Waals surface area contributed by atoms with Gasteiger partial charge in [-0.25, -0.2) is 9.78 Å². The minimum Gasteiger partial charge on any atom is -0.461 e. The second-order valence-corrected chi connectivity index (χ2v) is 4.60. The van der Waals surface area contributed by atoms with Gasteiger partial charge in [0.15, 0.2) is 0 Å². The fraction of sp³-hybridized carbons (Fsp3) is 0.500. The highest BCUT2D eigenvalue weighted by Gasteiger charge is 2.17. The molecule has 0 bridgehead atoms. The Balaban J connectivity index is 2.10. The van der Waals surface area contributed by atoms with E-state index < -0.39 is 5.97 Å². The number of carbonyl (C=O) groups is 1. The molecule has 0 aliphatic carbocycles. The van der Waals surface area contributed by atoms with Gasteiger partial charge < -0.3 is 20.7 Å². The van der Waals surface area contributed by atoms with Crippen molar-refractivity contribution in [3.8, 4) is 0 Å². The zero-order valence-corrected chi connectivity index (χ0v) is 11.3. The van der Waals surface area contributed by atoms with Crippen molar-refractivity contribution in [1.82, 2.24) is 10.3 Å². The van der Waals surface area contributed by atoms with Crippen molar-refractivity contribution in [1.29, 1.82) is 0 Å². The fourth-order valence-electron chi connectivity index (χ4n) is 1.89. The Labute approximate surface area is 116 Å². The third kappa shape index (κ3) is 3.56. The lowest BCUT2D eigenvalue weighted by molar-refractivity contribution is 0.0516. The molecule has 1 aromatic heterocycles. The first-order valence-corrected chi connectivity index (χ1v) is 6.58. The van der Waals surface area contributed by atoms with E-state index in [0.717, 1.165) is 26.2 Å². The van der Waals surface area contributed by atoms with E-state index in [1.807, 2.05) is 0 Å². The van der Waals surface area contributed by atoms with Crippen LogP contribution in [0.25, 0.3) is 0 Å². The van der Waals surface area contributed by atoms with Crippen LogP contribution >= 0.6 is 11.6 Å². The van der Waals surface area contributed by atoms with E-state index in [2.05, 4.69) is 15.2 Å². The molecule has 1 aromatic rings. The average Bonchev–Trinajstić information content (AvgIpc) is 2.45. The number of hydrogen-bond acceptors (Lipinski definition) is 6. The van der Waals surface area contributed by atoms with E-state index in [1.165, 1.54) is 6.20 Å². The maximum Gasteiger partial charge on any atom is 0.339 e. The molecule has 0 saturated carbocycles. The van der Waals surface area contributed by atoms with Crippen LogP contribution in [0.15, 0.2) is 12.3 Å². The van der Waals surface area contributed by atoms with Gasteiger partial charge >= 0.3 is 5.97 Å². The topological polar surface area (TPSA) is 80.5 Å². The number of pyridine rings is 1. The Morgan fingerprint density at radius 2 is 2.26 bits per heavy atom. The standard InChI is InChI=1S/C12H17ClN4O2/c13-10-7-9(12(18)19-6-1-14)8-16-11(10)17-4-2-15-3-5-17/h7-8,15H,1-6,14H2. The number of piperazine rings is 1. The molecule has 0 radical (unpaired) electrons. The second-order valence-electron chi connectivity index (χ2n) is 4.19. The summed E-state index contributed by atoms with van der Waals surface area (Å²) in [4.78, 5) is 18.0. The maximum atomic E-state index is 11.6. The summed E-state index contributed by atoms with van der Waals surface area (Å²) in [6.07, 6.45) is 1.49. The molecular weight excluding hydrogens is 268 g/mol. The number of ether oxygens (including phenoxy) is 1. The molecule has 2 rings (SSSR count). The minimum atomic E-state index is -0.452. The second kappa shape index (κ2) is 6.70. The van der Waals surface area contributed by atoms with E-state index in [-0.39, 0.29) is 6.61 Å². The van der Waals surface area contributed by atoms with Crippen LogP contribution in [0.4, 0.5) is 5.82 Å². The summed E-state index contributed by atoms with van der Waals surface area (Å²) >= 11 is 6.18. The van der Waals surface area contributed by atoms with E-state index in [9.17, 15) is 4.79 Å². The fourth-order valence-corrected chi connectivity index (χ4v) is 2.17. The molecule has 3 N–H and O–H groups in total. The van der Waals surface area contributed by atoms with Crippen LogP contribution < -0.4 is 16.0 Å². The highest BCUT2D eigenvalue weighted by molar-refractivity contribution is 6.33. The predicted molar refractivity (Wildman–Crippen MR) is 73.7 cm³/mol. The lowest BCUT2D eigenvalue weighted by atomic mass is 10.2. The Morgan fingerprint density at radius 1 is 1.53 bits per heavy atom. The molecule has 6 nitrogen and oxygen atoms in total. The molecule has 0 aromatic carbocycles. The molecule has 2 heterocycles. The molecule has 0 amide bonds. The van der Waals surface area contributed by atoms with Gasteiger partial charge in [0.2, 0.25) is 0 Å². The molecule has 7 heteroatoms. The third-order valence-electron chi connectivity index (χ3n) is 2.82. The number of rotatable bonds is 4. The summed E-state index contributed by atoms with van der Waals surface area (Å²) in [6, 6.07) is 1.59. The Hall–Kier alpha value is -1.37. The van der Waals surface area contributed by atoms with Crippen molar-refractivity contribution in [2.24, 2.45) is 5.73 Å². The largest absolute Gasteiger partial charge is 0.461 e. The van der Waals surface area contributed by atoms with E-state index in [1.54, 1.807) is 6.07 Å².